The van der Waals surface area contributed by atoms with E-state index >= 15 is 0 Å². The van der Waals surface area contributed by atoms with Crippen LogP contribution in [0.4, 0.5) is 13.2 Å². The van der Waals surface area contributed by atoms with Gasteiger partial charge in [0.15, 0.2) is 0 Å². The van der Waals surface area contributed by atoms with E-state index in [0.717, 1.165) is 16.0 Å². The molecule has 1 nitrogen and oxygen atoms in total. The molecule has 0 unspecified atom stereocenters. The van der Waals surface area contributed by atoms with Crippen molar-refractivity contribution < 1.29 is 13.2 Å². The van der Waals surface area contributed by atoms with Crippen molar-refractivity contribution in [1.82, 2.24) is 5.32 Å². The van der Waals surface area contributed by atoms with E-state index in [1.807, 2.05) is 19.2 Å². The van der Waals surface area contributed by atoms with Crippen molar-refractivity contribution in [3.05, 3.63) is 47.1 Å². The smallest absolute Gasteiger partial charge is 0.229 e. The summed E-state index contributed by atoms with van der Waals surface area (Å²) < 4.78 is 32.1. The van der Waals surface area contributed by atoms with Crippen molar-refractivity contribution in [2.45, 2.75) is 66.0 Å². The molecule has 0 aliphatic heterocycles. The third-order valence-electron chi connectivity index (χ3n) is 3.17. The van der Waals surface area contributed by atoms with Gasteiger partial charge in [-0.15, -0.1) is 12.8 Å². The maximum atomic E-state index is 11.8. The van der Waals surface area contributed by atoms with Gasteiger partial charge in [0.2, 0.25) is 6.93 Å². The molecule has 0 heterocycles. The quantitative estimate of drug-likeness (QED) is 0.432. The first kappa shape index (κ1) is 34.1. The number of rotatable bonds is 2. The zero-order valence-corrected chi connectivity index (χ0v) is 19.6. The van der Waals surface area contributed by atoms with Crippen molar-refractivity contribution in [2.24, 2.45) is 5.92 Å². The lowest BCUT2D eigenvalue weighted by atomic mass is 9.91. The standard InChI is InChI=1S/C7H6BrF.C7H14.C3H7N.C3H8.C2H2.CH2F2/c8-7-3-1-6(5-9)2-4-7;1-7-5-3-2-4-6-7;1-3-4-2;1-3-2;1-2;2-1-3/h1-4H,5H2;7H,2-6H2,1H3;3-4H,1H2,2H3;3H2,1-2H3;1-2H;1H2. The zero-order chi connectivity index (χ0) is 22.6. The zero-order valence-electron chi connectivity index (χ0n) is 18.0. The minimum absolute atomic E-state index is 0.382. The molecule has 0 spiro atoms. The highest BCUT2D eigenvalue weighted by atomic mass is 79.9. The third-order valence-corrected chi connectivity index (χ3v) is 3.69. The Morgan fingerprint density at radius 2 is 1.43 bits per heavy atom. The number of nitrogens with one attached hydrogen (secondary N) is 1. The molecule has 0 amide bonds. The predicted molar refractivity (Wildman–Crippen MR) is 123 cm³/mol. The molecule has 5 heteroatoms. The number of hydrogen-bond donors (Lipinski definition) is 1. The van der Waals surface area contributed by atoms with E-state index in [0.29, 0.717) is 0 Å². The average molecular weight is 466 g/mol. The molecule has 1 fully saturated rings. The first-order valence-electron chi connectivity index (χ1n) is 9.50. The molecule has 2 rings (SSSR count). The van der Waals surface area contributed by atoms with Gasteiger partial charge in [-0.2, -0.15) is 0 Å². The second-order valence-corrected chi connectivity index (χ2v) is 6.72. The Labute approximate surface area is 180 Å². The molecule has 1 aliphatic carbocycles. The maximum absolute atomic E-state index is 11.8. The molecule has 1 aromatic carbocycles. The second kappa shape index (κ2) is 33.2. The highest BCUT2D eigenvalue weighted by Gasteiger charge is 2.05. The summed E-state index contributed by atoms with van der Waals surface area (Å²) in [5, 5.41) is 2.69. The normalized spacial score (nSPS) is 11.5. The summed E-state index contributed by atoms with van der Waals surface area (Å²) in [6.07, 6.45) is 18.3. The highest BCUT2D eigenvalue weighted by molar-refractivity contribution is 9.10. The van der Waals surface area contributed by atoms with E-state index in [9.17, 15) is 13.2 Å². The lowest BCUT2D eigenvalue weighted by Crippen LogP contribution is -1.99. The van der Waals surface area contributed by atoms with E-state index in [1.165, 1.54) is 38.5 Å². The number of terminal acetylenes is 1. The van der Waals surface area contributed by atoms with Crippen LogP contribution >= 0.6 is 15.9 Å². The van der Waals surface area contributed by atoms with Crippen LogP contribution in [0.15, 0.2) is 41.5 Å². The molecular formula is C23H39BrF3N. The summed E-state index contributed by atoms with van der Waals surface area (Å²) in [7, 11) is 1.81. The molecule has 0 radical (unpaired) electrons. The van der Waals surface area contributed by atoms with Crippen LogP contribution in [0.3, 0.4) is 0 Å². The average Bonchev–Trinajstić information content (AvgIpc) is 2.72. The highest BCUT2D eigenvalue weighted by Crippen LogP contribution is 2.22. The van der Waals surface area contributed by atoms with Crippen LogP contribution in [0, 0.1) is 18.8 Å². The molecule has 0 atom stereocenters. The van der Waals surface area contributed by atoms with Crippen molar-refractivity contribution in [2.75, 3.05) is 14.0 Å². The molecule has 28 heavy (non-hydrogen) atoms. The Kier molecular flexibility index (Phi) is 40.5. The van der Waals surface area contributed by atoms with Gasteiger partial charge in [-0.3, -0.25) is 0 Å². The predicted octanol–water partition coefficient (Wildman–Crippen LogP) is 8.40. The van der Waals surface area contributed by atoms with Crippen molar-refractivity contribution in [3.8, 4) is 12.8 Å². The molecule has 0 aromatic heterocycles. The van der Waals surface area contributed by atoms with Gasteiger partial charge >= 0.3 is 0 Å². The van der Waals surface area contributed by atoms with Gasteiger partial charge in [0, 0.05) is 11.5 Å². The molecular weight excluding hydrogens is 427 g/mol. The van der Waals surface area contributed by atoms with Gasteiger partial charge in [-0.1, -0.05) is 93.9 Å². The van der Waals surface area contributed by atoms with Crippen LogP contribution in [0.5, 0.6) is 0 Å². The molecule has 1 aromatic rings. The van der Waals surface area contributed by atoms with Crippen molar-refractivity contribution in [1.29, 1.82) is 0 Å². The van der Waals surface area contributed by atoms with Gasteiger partial charge in [0.1, 0.15) is 6.67 Å². The summed E-state index contributed by atoms with van der Waals surface area (Å²) in [6, 6.07) is 7.16. The van der Waals surface area contributed by atoms with Crippen LogP contribution in [-0.4, -0.2) is 14.0 Å². The number of benzene rings is 1. The minimum Gasteiger partial charge on any atom is -0.394 e. The lowest BCUT2D eigenvalue weighted by Gasteiger charge is -2.15. The van der Waals surface area contributed by atoms with Gasteiger partial charge in [0.25, 0.3) is 0 Å². The summed E-state index contributed by atoms with van der Waals surface area (Å²) in [5.74, 6) is 1.04. The second-order valence-electron chi connectivity index (χ2n) is 5.80. The first-order chi connectivity index (χ1) is 13.5. The topological polar surface area (TPSA) is 12.0 Å². The Morgan fingerprint density at radius 1 is 1.07 bits per heavy atom. The number of hydrogen-bond acceptors (Lipinski definition) is 1. The number of alkyl halides is 3. The van der Waals surface area contributed by atoms with Gasteiger partial charge in [0.05, 0.1) is 0 Å². The molecule has 0 bridgehead atoms. The molecule has 1 N–H and O–H groups in total. The summed E-state index contributed by atoms with van der Waals surface area (Å²) in [4.78, 5) is 0. The third kappa shape index (κ3) is 35.7. The summed E-state index contributed by atoms with van der Waals surface area (Å²) >= 11 is 3.25. The largest absolute Gasteiger partial charge is 0.394 e. The Morgan fingerprint density at radius 3 is 1.64 bits per heavy atom. The maximum Gasteiger partial charge on any atom is 0.229 e. The molecule has 1 saturated carbocycles. The monoisotopic (exact) mass is 465 g/mol. The van der Waals surface area contributed by atoms with Gasteiger partial charge in [-0.25, -0.2) is 13.2 Å². The van der Waals surface area contributed by atoms with Crippen LogP contribution in [-0.2, 0) is 6.67 Å². The van der Waals surface area contributed by atoms with Crippen LogP contribution in [0.2, 0.25) is 0 Å². The van der Waals surface area contributed by atoms with Crippen LogP contribution in [0.1, 0.15) is 64.9 Å². The lowest BCUT2D eigenvalue weighted by molar-refractivity contribution is 0.295. The fourth-order valence-corrected chi connectivity index (χ4v) is 2.14. The van der Waals surface area contributed by atoms with E-state index in [1.54, 1.807) is 18.3 Å². The van der Waals surface area contributed by atoms with Gasteiger partial charge < -0.3 is 5.32 Å². The van der Waals surface area contributed by atoms with Crippen molar-refractivity contribution >= 4 is 15.9 Å². The SMILES string of the molecule is C#C.C=CNC.CC1CCCCC1.CCC.FCF.FCc1ccc(Br)cc1. The Balaban J connectivity index is -0.000000136. The molecule has 0 saturated heterocycles. The summed E-state index contributed by atoms with van der Waals surface area (Å²) in [5.41, 5.74) is 0.721. The van der Waals surface area contributed by atoms with E-state index < -0.39 is 6.93 Å². The first-order valence-corrected chi connectivity index (χ1v) is 10.3. The van der Waals surface area contributed by atoms with Crippen molar-refractivity contribution in [3.63, 3.8) is 0 Å². The Hall–Kier alpha value is -1.41. The van der Waals surface area contributed by atoms with E-state index in [4.69, 9.17) is 0 Å². The fourth-order valence-electron chi connectivity index (χ4n) is 1.88. The van der Waals surface area contributed by atoms with E-state index in [-0.39, 0.29) is 6.67 Å². The van der Waals surface area contributed by atoms with E-state index in [2.05, 4.69) is 61.4 Å². The van der Waals surface area contributed by atoms with Gasteiger partial charge in [-0.05, 0) is 29.8 Å². The molecule has 1 aliphatic rings. The van der Waals surface area contributed by atoms with Crippen LogP contribution < -0.4 is 5.32 Å². The fraction of sp³-hybridized carbons (Fsp3) is 0.565. The molecule has 164 valence electrons. The summed E-state index contributed by atoms with van der Waals surface area (Å²) in [6.45, 7) is 7.85. The van der Waals surface area contributed by atoms with Crippen LogP contribution in [0.25, 0.3) is 0 Å². The Bertz CT molecular complexity index is 400. The minimum atomic E-state index is -1.75. The number of halogens is 4.